The van der Waals surface area contributed by atoms with Gasteiger partial charge >= 0.3 is 0 Å². The second-order valence-electron chi connectivity index (χ2n) is 6.02. The Hall–Kier alpha value is -0.830. The number of halogens is 1. The van der Waals surface area contributed by atoms with Crippen molar-refractivity contribution in [3.05, 3.63) is 29.8 Å². The molecule has 0 spiro atoms. The van der Waals surface area contributed by atoms with Crippen LogP contribution in [0.15, 0.2) is 24.3 Å². The SMILES string of the molecule is O=C(Nc1cccc(CCCBr)c1)C1CCCCCCC1. The van der Waals surface area contributed by atoms with Crippen molar-refractivity contribution in [1.29, 1.82) is 0 Å². The molecule has 21 heavy (non-hydrogen) atoms. The van der Waals surface area contributed by atoms with Gasteiger partial charge < -0.3 is 5.32 Å². The Morgan fingerprint density at radius 1 is 1.14 bits per heavy atom. The van der Waals surface area contributed by atoms with Gasteiger partial charge in [0.1, 0.15) is 0 Å². The molecule has 0 aromatic heterocycles. The molecule has 0 heterocycles. The van der Waals surface area contributed by atoms with E-state index in [2.05, 4.69) is 33.4 Å². The Morgan fingerprint density at radius 2 is 1.86 bits per heavy atom. The first-order valence-corrected chi connectivity index (χ1v) is 9.37. The molecule has 1 saturated carbocycles. The molecule has 0 radical (unpaired) electrons. The van der Waals surface area contributed by atoms with Gasteiger partial charge in [-0.2, -0.15) is 0 Å². The first-order valence-electron chi connectivity index (χ1n) is 8.25. The average molecular weight is 352 g/mol. The lowest BCUT2D eigenvalue weighted by molar-refractivity contribution is -0.120. The van der Waals surface area contributed by atoms with Gasteiger partial charge in [0.15, 0.2) is 0 Å². The second kappa shape index (κ2) is 9.24. The van der Waals surface area contributed by atoms with Gasteiger partial charge in [-0.05, 0) is 43.4 Å². The fraction of sp³-hybridized carbons (Fsp3) is 0.611. The third kappa shape index (κ3) is 5.82. The molecule has 1 fully saturated rings. The van der Waals surface area contributed by atoms with E-state index in [0.717, 1.165) is 36.7 Å². The van der Waals surface area contributed by atoms with Crippen LogP contribution in [-0.4, -0.2) is 11.2 Å². The van der Waals surface area contributed by atoms with Crippen LogP contribution in [0.5, 0.6) is 0 Å². The van der Waals surface area contributed by atoms with Crippen LogP contribution in [0.1, 0.15) is 56.9 Å². The number of rotatable bonds is 5. The molecule has 0 aliphatic heterocycles. The van der Waals surface area contributed by atoms with Crippen molar-refractivity contribution < 1.29 is 4.79 Å². The maximum atomic E-state index is 12.4. The highest BCUT2D eigenvalue weighted by molar-refractivity contribution is 9.09. The summed E-state index contributed by atoms with van der Waals surface area (Å²) in [6, 6.07) is 8.29. The molecule has 0 saturated heterocycles. The summed E-state index contributed by atoms with van der Waals surface area (Å²) in [6.07, 6.45) is 10.6. The molecular formula is C18H26BrNO. The van der Waals surface area contributed by atoms with Crippen LogP contribution < -0.4 is 5.32 Å². The number of anilines is 1. The summed E-state index contributed by atoms with van der Waals surface area (Å²) in [6.45, 7) is 0. The van der Waals surface area contributed by atoms with Crippen LogP contribution in [-0.2, 0) is 11.2 Å². The minimum Gasteiger partial charge on any atom is -0.326 e. The molecule has 1 aliphatic rings. The normalized spacial score (nSPS) is 17.0. The van der Waals surface area contributed by atoms with E-state index in [-0.39, 0.29) is 11.8 Å². The number of hydrogen-bond acceptors (Lipinski definition) is 1. The van der Waals surface area contributed by atoms with E-state index in [1.54, 1.807) is 0 Å². The fourth-order valence-corrected chi connectivity index (χ4v) is 3.32. The maximum absolute atomic E-state index is 12.4. The van der Waals surface area contributed by atoms with Crippen LogP contribution in [0.25, 0.3) is 0 Å². The minimum absolute atomic E-state index is 0.205. The Balaban J connectivity index is 1.91. The molecular weight excluding hydrogens is 326 g/mol. The van der Waals surface area contributed by atoms with E-state index >= 15 is 0 Å². The highest BCUT2D eigenvalue weighted by atomic mass is 79.9. The molecule has 0 bridgehead atoms. The summed E-state index contributed by atoms with van der Waals surface area (Å²) in [7, 11) is 0. The molecule has 0 unspecified atom stereocenters. The monoisotopic (exact) mass is 351 g/mol. The zero-order valence-electron chi connectivity index (χ0n) is 12.7. The standard InChI is InChI=1S/C18H26BrNO/c19-13-7-9-15-8-6-12-17(14-15)20-18(21)16-10-4-2-1-3-5-11-16/h6,8,12,14,16H,1-5,7,9-11,13H2,(H,20,21). The third-order valence-corrected chi connectivity index (χ3v) is 4.83. The van der Waals surface area contributed by atoms with E-state index in [1.807, 2.05) is 12.1 Å². The van der Waals surface area contributed by atoms with E-state index in [0.29, 0.717) is 0 Å². The lowest BCUT2D eigenvalue weighted by Gasteiger charge is -2.19. The van der Waals surface area contributed by atoms with Gasteiger partial charge in [-0.25, -0.2) is 0 Å². The van der Waals surface area contributed by atoms with Crippen molar-refractivity contribution in [1.82, 2.24) is 0 Å². The van der Waals surface area contributed by atoms with Crippen molar-refractivity contribution in [2.24, 2.45) is 5.92 Å². The van der Waals surface area contributed by atoms with Gasteiger partial charge in [0.25, 0.3) is 0 Å². The Kier molecular flexibility index (Phi) is 7.28. The number of benzene rings is 1. The van der Waals surface area contributed by atoms with Gasteiger partial charge in [-0.3, -0.25) is 4.79 Å². The first kappa shape index (κ1) is 16.5. The Bertz CT molecular complexity index is 439. The van der Waals surface area contributed by atoms with Crippen LogP contribution in [0.2, 0.25) is 0 Å². The molecule has 1 aromatic rings. The van der Waals surface area contributed by atoms with E-state index in [4.69, 9.17) is 0 Å². The second-order valence-corrected chi connectivity index (χ2v) is 6.82. The molecule has 2 rings (SSSR count). The molecule has 2 nitrogen and oxygen atoms in total. The fourth-order valence-electron chi connectivity index (χ4n) is 3.04. The molecule has 3 heteroatoms. The van der Waals surface area contributed by atoms with Crippen molar-refractivity contribution in [3.8, 4) is 0 Å². The maximum Gasteiger partial charge on any atom is 0.227 e. The van der Waals surface area contributed by atoms with Gasteiger partial charge in [-0.1, -0.05) is 60.2 Å². The first-order chi connectivity index (χ1) is 10.3. The van der Waals surface area contributed by atoms with Crippen molar-refractivity contribution in [3.63, 3.8) is 0 Å². The van der Waals surface area contributed by atoms with Crippen molar-refractivity contribution >= 4 is 27.5 Å². The predicted molar refractivity (Wildman–Crippen MR) is 93.0 cm³/mol. The third-order valence-electron chi connectivity index (χ3n) is 4.27. The van der Waals surface area contributed by atoms with E-state index in [1.165, 1.54) is 37.7 Å². The number of carbonyl (C=O) groups excluding carboxylic acids is 1. The molecule has 0 atom stereocenters. The largest absolute Gasteiger partial charge is 0.326 e. The van der Waals surface area contributed by atoms with Gasteiger partial charge in [-0.15, -0.1) is 0 Å². The number of aryl methyl sites for hydroxylation is 1. The van der Waals surface area contributed by atoms with Crippen LogP contribution in [0.4, 0.5) is 5.69 Å². The minimum atomic E-state index is 0.205. The van der Waals surface area contributed by atoms with Gasteiger partial charge in [0.05, 0.1) is 0 Å². The predicted octanol–water partition coefficient (Wildman–Crippen LogP) is 5.31. The van der Waals surface area contributed by atoms with Crippen LogP contribution in [0, 0.1) is 5.92 Å². The van der Waals surface area contributed by atoms with E-state index in [9.17, 15) is 4.79 Å². The molecule has 116 valence electrons. The molecule has 1 amide bonds. The lowest BCUT2D eigenvalue weighted by Crippen LogP contribution is -2.23. The van der Waals surface area contributed by atoms with Crippen molar-refractivity contribution in [2.45, 2.75) is 57.8 Å². The summed E-state index contributed by atoms with van der Waals surface area (Å²) in [5, 5.41) is 4.15. The smallest absolute Gasteiger partial charge is 0.227 e. The zero-order valence-corrected chi connectivity index (χ0v) is 14.3. The molecule has 1 aliphatic carbocycles. The topological polar surface area (TPSA) is 29.1 Å². The van der Waals surface area contributed by atoms with E-state index < -0.39 is 0 Å². The number of carbonyl (C=O) groups is 1. The number of hydrogen-bond donors (Lipinski definition) is 1. The van der Waals surface area contributed by atoms with Crippen molar-refractivity contribution in [2.75, 3.05) is 10.6 Å². The average Bonchev–Trinajstić information content (AvgIpc) is 2.45. The van der Waals surface area contributed by atoms with Gasteiger partial charge in [0.2, 0.25) is 5.91 Å². The van der Waals surface area contributed by atoms with Gasteiger partial charge in [0, 0.05) is 16.9 Å². The zero-order chi connectivity index (χ0) is 14.9. The number of nitrogens with one attached hydrogen (secondary N) is 1. The Labute approximate surface area is 136 Å². The highest BCUT2D eigenvalue weighted by Crippen LogP contribution is 2.24. The number of alkyl halides is 1. The van der Waals surface area contributed by atoms with Crippen LogP contribution >= 0.6 is 15.9 Å². The summed E-state index contributed by atoms with van der Waals surface area (Å²) >= 11 is 3.46. The highest BCUT2D eigenvalue weighted by Gasteiger charge is 2.19. The lowest BCUT2D eigenvalue weighted by atomic mass is 9.90. The summed E-state index contributed by atoms with van der Waals surface area (Å²) in [5.41, 5.74) is 2.25. The quantitative estimate of drug-likeness (QED) is 0.715. The van der Waals surface area contributed by atoms with Crippen LogP contribution in [0.3, 0.4) is 0 Å². The summed E-state index contributed by atoms with van der Waals surface area (Å²) < 4.78 is 0. The summed E-state index contributed by atoms with van der Waals surface area (Å²) in [4.78, 5) is 12.4. The summed E-state index contributed by atoms with van der Waals surface area (Å²) in [5.74, 6) is 0.422. The number of amides is 1. The Morgan fingerprint density at radius 3 is 2.57 bits per heavy atom. The molecule has 1 N–H and O–H groups in total. The molecule has 1 aromatic carbocycles.